The number of halogens is 1. The third-order valence-corrected chi connectivity index (χ3v) is 7.68. The first-order valence-corrected chi connectivity index (χ1v) is 15.5. The molecule has 1 saturated heterocycles. The number of carbonyl (C=O) groups is 2. The lowest BCUT2D eigenvalue weighted by molar-refractivity contribution is 0.0944. The summed E-state index contributed by atoms with van der Waals surface area (Å²) in [7, 11) is 0. The molecular formula is C32H38ClN5O4S. The van der Waals surface area contributed by atoms with Gasteiger partial charge in [-0.15, -0.1) is 12.8 Å². The second-order valence-electron chi connectivity index (χ2n) is 9.81. The summed E-state index contributed by atoms with van der Waals surface area (Å²) in [4.78, 5) is 36.2. The highest BCUT2D eigenvalue weighted by Gasteiger charge is 2.22. The highest BCUT2D eigenvalue weighted by atomic mass is 35.5. The molecule has 2 aromatic rings. The highest BCUT2D eigenvalue weighted by molar-refractivity contribution is 8.03. The summed E-state index contributed by atoms with van der Waals surface area (Å²) < 4.78 is 11.6. The maximum Gasteiger partial charge on any atom is 0.269 e. The number of carbonyl (C=O) groups excluding carboxylic acids is 2. The summed E-state index contributed by atoms with van der Waals surface area (Å²) in [6.07, 6.45) is 19.6. The van der Waals surface area contributed by atoms with Crippen LogP contribution in [0.1, 0.15) is 46.5 Å². The molecule has 1 aliphatic heterocycles. The van der Waals surface area contributed by atoms with Crippen LogP contribution in [0.2, 0.25) is 5.02 Å². The second-order valence-corrected chi connectivity index (χ2v) is 11.2. The Morgan fingerprint density at radius 3 is 2.65 bits per heavy atom. The quantitative estimate of drug-likeness (QED) is 0.115. The van der Waals surface area contributed by atoms with Crippen molar-refractivity contribution < 1.29 is 19.1 Å². The number of terminal acetylenes is 1. The fourth-order valence-corrected chi connectivity index (χ4v) is 5.00. The van der Waals surface area contributed by atoms with Gasteiger partial charge in [-0.05, 0) is 81.7 Å². The molecular weight excluding hydrogens is 586 g/mol. The first-order chi connectivity index (χ1) is 21.0. The van der Waals surface area contributed by atoms with Gasteiger partial charge in [-0.3, -0.25) is 19.6 Å². The first-order valence-electron chi connectivity index (χ1n) is 14.1. The molecule has 2 N–H and O–H groups in total. The van der Waals surface area contributed by atoms with E-state index in [4.69, 9.17) is 21.1 Å². The average molecular weight is 624 g/mol. The molecule has 0 bridgehead atoms. The van der Waals surface area contributed by atoms with E-state index in [-0.39, 0.29) is 24.1 Å². The molecule has 2 heterocycles. The summed E-state index contributed by atoms with van der Waals surface area (Å²) in [6, 6.07) is 8.50. The van der Waals surface area contributed by atoms with Crippen LogP contribution in [0.5, 0.6) is 11.5 Å². The summed E-state index contributed by atoms with van der Waals surface area (Å²) in [6.45, 7) is 8.04. The van der Waals surface area contributed by atoms with Gasteiger partial charge in [-0.1, -0.05) is 29.4 Å². The Bertz CT molecular complexity index is 1310. The molecule has 0 spiro atoms. The fraction of sp³-hybridized carbons (Fsp3) is 0.375. The lowest BCUT2D eigenvalue weighted by atomic mass is 10.2. The van der Waals surface area contributed by atoms with Crippen LogP contribution < -0.4 is 20.1 Å². The lowest BCUT2D eigenvalue weighted by Crippen LogP contribution is -2.34. The smallest absolute Gasteiger partial charge is 0.269 e. The van der Waals surface area contributed by atoms with Gasteiger partial charge >= 0.3 is 0 Å². The van der Waals surface area contributed by atoms with Crippen LogP contribution >= 0.6 is 23.4 Å². The van der Waals surface area contributed by atoms with E-state index in [1.54, 1.807) is 30.5 Å². The van der Waals surface area contributed by atoms with E-state index >= 15 is 0 Å². The van der Waals surface area contributed by atoms with E-state index in [0.717, 1.165) is 36.9 Å². The minimum Gasteiger partial charge on any atom is -0.493 e. The zero-order valence-corrected chi connectivity index (χ0v) is 25.7. The molecule has 11 heteroatoms. The number of aliphatic imine (C=N–C) groups is 1. The van der Waals surface area contributed by atoms with Crippen molar-refractivity contribution >= 4 is 41.9 Å². The molecule has 0 atom stereocenters. The van der Waals surface area contributed by atoms with E-state index < -0.39 is 0 Å². The summed E-state index contributed by atoms with van der Waals surface area (Å²) in [5.41, 5.74) is 0.582. The van der Waals surface area contributed by atoms with Crippen LogP contribution in [0.4, 0.5) is 0 Å². The number of hydrogen-bond acceptors (Lipinski definition) is 8. The number of hydrogen-bond donors (Lipinski definition) is 2. The molecule has 1 aromatic heterocycles. The zero-order chi connectivity index (χ0) is 30.9. The van der Waals surface area contributed by atoms with E-state index in [1.165, 1.54) is 49.7 Å². The predicted molar refractivity (Wildman–Crippen MR) is 174 cm³/mol. The van der Waals surface area contributed by atoms with Crippen LogP contribution in [0.15, 0.2) is 64.8 Å². The molecule has 4 rings (SSSR count). The maximum absolute atomic E-state index is 12.6. The number of likely N-dealkylation sites (tertiary alicyclic amines) is 1. The Balaban J connectivity index is 0.00000248. The number of rotatable bonds is 16. The molecule has 1 saturated carbocycles. The van der Waals surface area contributed by atoms with Gasteiger partial charge in [0.2, 0.25) is 0 Å². The van der Waals surface area contributed by atoms with Crippen molar-refractivity contribution in [3.05, 3.63) is 76.1 Å². The number of ether oxygens (including phenoxy) is 2. The molecule has 228 valence electrons. The van der Waals surface area contributed by atoms with Crippen molar-refractivity contribution in [1.29, 1.82) is 0 Å². The van der Waals surface area contributed by atoms with Gasteiger partial charge in [0.25, 0.3) is 11.8 Å². The van der Waals surface area contributed by atoms with E-state index in [0.29, 0.717) is 34.7 Å². The second kappa shape index (κ2) is 18.7. The van der Waals surface area contributed by atoms with Crippen molar-refractivity contribution in [3.63, 3.8) is 0 Å². The van der Waals surface area contributed by atoms with Gasteiger partial charge in [0, 0.05) is 48.6 Å². The molecule has 1 aromatic carbocycles. The standard InChI is InChI=1S/C30H36ClN5O4S.C2H2/c1-32-19-25(41-21-40-28-9-8-24(18-26(28)31)39-20-22-6-7-22)5-4-11-34-29(37)23-10-12-33-27(17-23)30(38)35-13-16-36-14-2-3-15-36;1-2/h4-5,8-10,12,17-19,22H,1-3,6-7,11,13-16,20-21H2,(H,34,37)(H,35,38);1-2H/b5-4+,25-19-;. The minimum atomic E-state index is -0.300. The molecule has 1 aliphatic carbocycles. The van der Waals surface area contributed by atoms with Crippen LogP contribution in [0.3, 0.4) is 0 Å². The third kappa shape index (κ3) is 12.2. The maximum atomic E-state index is 12.6. The van der Waals surface area contributed by atoms with Crippen LogP contribution in [0.25, 0.3) is 0 Å². The molecule has 2 aliphatic rings. The van der Waals surface area contributed by atoms with Crippen molar-refractivity contribution in [2.75, 3.05) is 45.3 Å². The number of nitrogens with zero attached hydrogens (tertiary/aromatic N) is 3. The van der Waals surface area contributed by atoms with Gasteiger partial charge < -0.3 is 25.0 Å². The summed E-state index contributed by atoms with van der Waals surface area (Å²) >= 11 is 7.76. The SMILES string of the molecule is C#C.C=N/C=C(/C=C/CNC(=O)c1ccnc(C(=O)NCCN2CCCC2)c1)SCOc1ccc(OCC2CC2)cc1Cl. The molecule has 0 unspecified atom stereocenters. The summed E-state index contributed by atoms with van der Waals surface area (Å²) in [5, 5.41) is 6.19. The van der Waals surface area contributed by atoms with Crippen LogP contribution in [0, 0.1) is 18.8 Å². The van der Waals surface area contributed by atoms with Crippen molar-refractivity contribution in [2.24, 2.45) is 10.9 Å². The Morgan fingerprint density at radius 2 is 1.93 bits per heavy atom. The number of amides is 2. The monoisotopic (exact) mass is 623 g/mol. The molecule has 9 nitrogen and oxygen atoms in total. The van der Waals surface area contributed by atoms with E-state index in [2.05, 4.69) is 45.1 Å². The number of benzene rings is 1. The Labute approximate surface area is 263 Å². The topological polar surface area (TPSA) is 105 Å². The zero-order valence-electron chi connectivity index (χ0n) is 24.2. The highest BCUT2D eigenvalue weighted by Crippen LogP contribution is 2.33. The molecule has 2 fully saturated rings. The third-order valence-electron chi connectivity index (χ3n) is 6.57. The van der Waals surface area contributed by atoms with Gasteiger partial charge in [-0.2, -0.15) is 0 Å². The van der Waals surface area contributed by atoms with Gasteiger partial charge in [-0.25, -0.2) is 0 Å². The number of allylic oxidation sites excluding steroid dienone is 1. The predicted octanol–water partition coefficient (Wildman–Crippen LogP) is 5.20. The lowest BCUT2D eigenvalue weighted by Gasteiger charge is -2.14. The van der Waals surface area contributed by atoms with Crippen LogP contribution in [-0.4, -0.2) is 73.7 Å². The van der Waals surface area contributed by atoms with E-state index in [1.807, 2.05) is 12.1 Å². The van der Waals surface area contributed by atoms with Gasteiger partial charge in [0.05, 0.1) is 11.6 Å². The fourth-order valence-electron chi connectivity index (χ4n) is 4.12. The Kier molecular flexibility index (Phi) is 14.7. The van der Waals surface area contributed by atoms with Crippen molar-refractivity contribution in [1.82, 2.24) is 20.5 Å². The van der Waals surface area contributed by atoms with Crippen LogP contribution in [-0.2, 0) is 0 Å². The van der Waals surface area contributed by atoms with E-state index in [9.17, 15) is 9.59 Å². The number of thioether (sulfide) groups is 1. The largest absolute Gasteiger partial charge is 0.493 e. The summed E-state index contributed by atoms with van der Waals surface area (Å²) in [5.74, 6) is 1.69. The molecule has 2 amide bonds. The Hall–Kier alpha value is -3.78. The van der Waals surface area contributed by atoms with Crippen molar-refractivity contribution in [3.8, 4) is 24.3 Å². The number of nitrogens with one attached hydrogen (secondary N) is 2. The molecule has 43 heavy (non-hydrogen) atoms. The number of pyridine rings is 1. The minimum absolute atomic E-state index is 0.216. The van der Waals surface area contributed by atoms with Gasteiger partial charge in [0.15, 0.2) is 0 Å². The average Bonchev–Trinajstić information content (AvgIpc) is 3.72. The van der Waals surface area contributed by atoms with Crippen molar-refractivity contribution in [2.45, 2.75) is 25.7 Å². The Morgan fingerprint density at radius 1 is 1.14 bits per heavy atom. The molecule has 0 radical (unpaired) electrons. The first kappa shape index (κ1) is 33.7. The normalized spacial score (nSPS) is 14.9. The van der Waals surface area contributed by atoms with Gasteiger partial charge in [0.1, 0.15) is 23.1 Å². The number of aromatic nitrogens is 1.